The molecular formula is C29H37NO2Si. The maximum Gasteiger partial charge on any atom is 0.314 e. The lowest BCUT2D eigenvalue weighted by atomic mass is 9.59. The number of nitrogens with zero attached hydrogens (tertiary/aromatic N) is 1. The molecule has 4 rings (SSSR count). The number of hydrogen-bond donors (Lipinski definition) is 0. The van der Waals surface area contributed by atoms with Gasteiger partial charge in [0.1, 0.15) is 5.75 Å². The Morgan fingerprint density at radius 3 is 2.06 bits per heavy atom. The van der Waals surface area contributed by atoms with Gasteiger partial charge in [0.25, 0.3) is 0 Å². The van der Waals surface area contributed by atoms with Crippen LogP contribution < -0.4 is 4.74 Å². The molecule has 2 fully saturated rings. The molecule has 2 aliphatic carbocycles. The largest absolute Gasteiger partial charge is 0.426 e. The number of esters is 1. The number of rotatable bonds is 6. The molecule has 0 heterocycles. The predicted molar refractivity (Wildman–Crippen MR) is 137 cm³/mol. The topological polar surface area (TPSA) is 50.1 Å². The van der Waals surface area contributed by atoms with Crippen LogP contribution >= 0.6 is 0 Å². The standard InChI is InChI=1S/C29H37NO2Si/c1-3-29(18-16-27(33-2)17-19-29)25-12-8-24(9-13-25)28(31)32-26-14-10-23(11-15-26)22-6-4-21(20-30)5-7-22/h4-7,10-11,14-15,24-25,27H,3,8-9,12-13,16-19,33H2,1-2H3/t24-,25-,27-,29-. The van der Waals surface area contributed by atoms with Gasteiger partial charge in [-0.1, -0.05) is 62.5 Å². The summed E-state index contributed by atoms with van der Waals surface area (Å²) < 4.78 is 5.76. The highest BCUT2D eigenvalue weighted by Gasteiger charge is 2.42. The first-order valence-corrected chi connectivity index (χ1v) is 15.1. The Balaban J connectivity index is 1.30. The highest BCUT2D eigenvalue weighted by Crippen LogP contribution is 2.53. The molecule has 0 bridgehead atoms. The van der Waals surface area contributed by atoms with Gasteiger partial charge in [-0.2, -0.15) is 5.26 Å². The SMILES string of the molecule is CC[C@]1([C@H]2CC[C@H](C(=O)Oc3ccc(-c4ccc(C#N)cc4)cc3)CC2)CC[C@H]([SiH2]C)CC1. The van der Waals surface area contributed by atoms with E-state index in [0.29, 0.717) is 16.7 Å². The highest BCUT2D eigenvalue weighted by molar-refractivity contribution is 6.35. The summed E-state index contributed by atoms with van der Waals surface area (Å²) in [6, 6.07) is 17.4. The predicted octanol–water partition coefficient (Wildman–Crippen LogP) is 6.91. The summed E-state index contributed by atoms with van der Waals surface area (Å²) in [6.07, 6.45) is 11.4. The first kappa shape index (κ1) is 23.8. The lowest BCUT2D eigenvalue weighted by molar-refractivity contribution is -0.140. The van der Waals surface area contributed by atoms with E-state index in [4.69, 9.17) is 10.00 Å². The zero-order valence-electron chi connectivity index (χ0n) is 20.2. The summed E-state index contributed by atoms with van der Waals surface area (Å²) in [6.45, 7) is 4.87. The summed E-state index contributed by atoms with van der Waals surface area (Å²) in [5, 5.41) is 8.95. The minimum atomic E-state index is -0.0641. The molecule has 0 amide bonds. The van der Waals surface area contributed by atoms with Crippen molar-refractivity contribution < 1.29 is 9.53 Å². The molecule has 0 saturated heterocycles. The molecule has 0 N–H and O–H groups in total. The van der Waals surface area contributed by atoms with Gasteiger partial charge in [0.2, 0.25) is 0 Å². The van der Waals surface area contributed by atoms with E-state index < -0.39 is 0 Å². The summed E-state index contributed by atoms with van der Waals surface area (Å²) in [5.41, 5.74) is 4.35. The average Bonchev–Trinajstić information content (AvgIpc) is 2.89. The maximum atomic E-state index is 12.9. The van der Waals surface area contributed by atoms with Crippen LogP contribution in [-0.4, -0.2) is 15.5 Å². The molecule has 3 nitrogen and oxygen atoms in total. The van der Waals surface area contributed by atoms with Crippen molar-refractivity contribution in [1.82, 2.24) is 0 Å². The lowest BCUT2D eigenvalue weighted by Gasteiger charge is -2.47. The van der Waals surface area contributed by atoms with E-state index >= 15 is 0 Å². The van der Waals surface area contributed by atoms with Crippen LogP contribution in [0.3, 0.4) is 0 Å². The van der Waals surface area contributed by atoms with E-state index in [-0.39, 0.29) is 21.4 Å². The monoisotopic (exact) mass is 459 g/mol. The van der Waals surface area contributed by atoms with Crippen LogP contribution in [0.1, 0.15) is 70.3 Å². The Hall–Kier alpha value is -2.38. The zero-order chi connectivity index (χ0) is 23.3. The van der Waals surface area contributed by atoms with Gasteiger partial charge < -0.3 is 4.74 Å². The molecule has 0 spiro atoms. The van der Waals surface area contributed by atoms with E-state index in [1.807, 2.05) is 48.5 Å². The molecular weight excluding hydrogens is 422 g/mol. The third kappa shape index (κ3) is 5.41. The van der Waals surface area contributed by atoms with E-state index in [1.54, 1.807) is 0 Å². The van der Waals surface area contributed by atoms with Gasteiger partial charge in [-0.3, -0.25) is 4.79 Å². The first-order chi connectivity index (χ1) is 16.1. The molecule has 0 radical (unpaired) electrons. The van der Waals surface area contributed by atoms with Crippen LogP contribution in [0.15, 0.2) is 48.5 Å². The highest BCUT2D eigenvalue weighted by atomic mass is 28.2. The lowest BCUT2D eigenvalue weighted by Crippen LogP contribution is -2.38. The van der Waals surface area contributed by atoms with E-state index in [0.717, 1.165) is 35.4 Å². The molecule has 4 heteroatoms. The van der Waals surface area contributed by atoms with Crippen LogP contribution in [0.5, 0.6) is 5.75 Å². The molecule has 2 aromatic rings. The van der Waals surface area contributed by atoms with Crippen molar-refractivity contribution in [2.75, 3.05) is 0 Å². The minimum absolute atomic E-state index is 0.0350. The van der Waals surface area contributed by atoms with Crippen molar-refractivity contribution in [3.63, 3.8) is 0 Å². The smallest absolute Gasteiger partial charge is 0.314 e. The zero-order valence-corrected chi connectivity index (χ0v) is 21.6. The number of carbonyl (C=O) groups is 1. The molecule has 0 aliphatic heterocycles. The molecule has 33 heavy (non-hydrogen) atoms. The second-order valence-corrected chi connectivity index (χ2v) is 12.2. The fourth-order valence-electron chi connectivity index (χ4n) is 6.30. The van der Waals surface area contributed by atoms with Crippen molar-refractivity contribution in [3.05, 3.63) is 54.1 Å². The van der Waals surface area contributed by atoms with Crippen LogP contribution in [0, 0.1) is 28.6 Å². The van der Waals surface area contributed by atoms with Crippen molar-refractivity contribution >= 4 is 15.5 Å². The molecule has 2 aromatic carbocycles. The van der Waals surface area contributed by atoms with Crippen LogP contribution in [0.2, 0.25) is 12.1 Å². The van der Waals surface area contributed by atoms with Gasteiger partial charge in [-0.05, 0) is 85.3 Å². The van der Waals surface area contributed by atoms with Crippen molar-refractivity contribution in [2.45, 2.75) is 76.8 Å². The third-order valence-corrected chi connectivity index (χ3v) is 10.7. The first-order valence-electron chi connectivity index (χ1n) is 12.9. The number of hydrogen-bond acceptors (Lipinski definition) is 3. The summed E-state index contributed by atoms with van der Waals surface area (Å²) in [7, 11) is 0.142. The molecule has 2 aliphatic rings. The molecule has 0 unspecified atom stereocenters. The number of carbonyl (C=O) groups excluding carboxylic acids is 1. The van der Waals surface area contributed by atoms with Gasteiger partial charge in [0.05, 0.1) is 17.6 Å². The van der Waals surface area contributed by atoms with Gasteiger partial charge >= 0.3 is 5.97 Å². The Labute approximate surface area is 201 Å². The molecule has 0 atom stereocenters. The summed E-state index contributed by atoms with van der Waals surface area (Å²) >= 11 is 0. The maximum absolute atomic E-state index is 12.9. The molecule has 0 aromatic heterocycles. The van der Waals surface area contributed by atoms with Crippen LogP contribution in [0.4, 0.5) is 0 Å². The van der Waals surface area contributed by atoms with Crippen molar-refractivity contribution in [1.29, 1.82) is 5.26 Å². The Kier molecular flexibility index (Phi) is 7.70. The Bertz CT molecular complexity index is 960. The number of nitriles is 1. The van der Waals surface area contributed by atoms with Crippen LogP contribution in [0.25, 0.3) is 11.1 Å². The van der Waals surface area contributed by atoms with Gasteiger partial charge in [-0.25, -0.2) is 0 Å². The van der Waals surface area contributed by atoms with Crippen molar-refractivity contribution in [2.24, 2.45) is 17.3 Å². The Morgan fingerprint density at radius 1 is 0.970 bits per heavy atom. The fourth-order valence-corrected chi connectivity index (χ4v) is 7.53. The molecule has 174 valence electrons. The van der Waals surface area contributed by atoms with E-state index in [2.05, 4.69) is 19.5 Å². The fraction of sp³-hybridized carbons (Fsp3) is 0.517. The minimum Gasteiger partial charge on any atom is -0.426 e. The Morgan fingerprint density at radius 2 is 1.55 bits per heavy atom. The van der Waals surface area contributed by atoms with Crippen LogP contribution in [-0.2, 0) is 4.79 Å². The van der Waals surface area contributed by atoms with Crippen molar-refractivity contribution in [3.8, 4) is 22.9 Å². The number of benzene rings is 2. The van der Waals surface area contributed by atoms with E-state index in [1.165, 1.54) is 44.9 Å². The summed E-state index contributed by atoms with van der Waals surface area (Å²) in [5.74, 6) is 1.38. The van der Waals surface area contributed by atoms with Gasteiger partial charge in [0.15, 0.2) is 0 Å². The normalized spacial score (nSPS) is 27.8. The van der Waals surface area contributed by atoms with Gasteiger partial charge in [-0.15, -0.1) is 0 Å². The number of ether oxygens (including phenoxy) is 1. The second kappa shape index (κ2) is 10.7. The summed E-state index contributed by atoms with van der Waals surface area (Å²) in [4.78, 5) is 12.9. The quantitative estimate of drug-likeness (QED) is 0.268. The second-order valence-electron chi connectivity index (χ2n) is 10.3. The van der Waals surface area contributed by atoms with Gasteiger partial charge in [0, 0.05) is 9.52 Å². The van der Waals surface area contributed by atoms with E-state index in [9.17, 15) is 4.79 Å². The average molecular weight is 460 g/mol. The third-order valence-electron chi connectivity index (χ3n) is 8.73. The molecule has 2 saturated carbocycles.